The molecule has 2 N–H and O–H groups in total. The molecule has 0 spiro atoms. The third-order valence-corrected chi connectivity index (χ3v) is 6.58. The van der Waals surface area contributed by atoms with Crippen molar-refractivity contribution in [1.29, 1.82) is 0 Å². The molecule has 3 aliphatic rings. The Morgan fingerprint density at radius 3 is 2.68 bits per heavy atom. The number of hydrogen-bond donors (Lipinski definition) is 2. The molecule has 5 rings (SSSR count). The lowest BCUT2D eigenvalue weighted by molar-refractivity contribution is -0.992. The summed E-state index contributed by atoms with van der Waals surface area (Å²) in [6.45, 7) is 0.850. The number of hydrogen-bond acceptors (Lipinski definition) is 6. The first kappa shape index (κ1) is 17.5. The Hall–Kier alpha value is -2.64. The van der Waals surface area contributed by atoms with Gasteiger partial charge in [0.25, 0.3) is 0 Å². The van der Waals surface area contributed by atoms with E-state index in [2.05, 4.69) is 0 Å². The van der Waals surface area contributed by atoms with Gasteiger partial charge in [-0.3, -0.25) is 4.48 Å². The van der Waals surface area contributed by atoms with Gasteiger partial charge in [0.2, 0.25) is 18.8 Å². The zero-order chi connectivity index (χ0) is 19.6. The number of nitrogens with zero attached hydrogens (tertiary/aromatic N) is 1. The van der Waals surface area contributed by atoms with E-state index < -0.39 is 6.23 Å². The number of rotatable bonds is 2. The van der Waals surface area contributed by atoms with Crippen LogP contribution >= 0.6 is 0 Å². The minimum absolute atomic E-state index is 0.0983. The van der Waals surface area contributed by atoms with Crippen molar-refractivity contribution in [2.45, 2.75) is 25.1 Å². The monoisotopic (exact) mass is 386 g/mol. The Morgan fingerprint density at radius 1 is 1.11 bits per heavy atom. The van der Waals surface area contributed by atoms with Gasteiger partial charge in [-0.25, -0.2) is 0 Å². The zero-order valence-electron chi connectivity index (χ0n) is 16.2. The van der Waals surface area contributed by atoms with Crippen LogP contribution in [0.15, 0.2) is 18.2 Å². The maximum atomic E-state index is 11.5. The van der Waals surface area contributed by atoms with Gasteiger partial charge in [-0.2, -0.15) is 0 Å². The normalized spacial score (nSPS) is 26.9. The van der Waals surface area contributed by atoms with E-state index in [-0.39, 0.29) is 18.6 Å². The number of aliphatic hydroxyl groups excluding tert-OH is 1. The minimum Gasteiger partial charge on any atom is -0.504 e. The Kier molecular flexibility index (Phi) is 3.70. The third kappa shape index (κ3) is 2.11. The topological polar surface area (TPSA) is 77.4 Å². The predicted molar refractivity (Wildman–Crippen MR) is 99.9 cm³/mol. The highest BCUT2D eigenvalue weighted by Crippen LogP contribution is 2.56. The van der Waals surface area contributed by atoms with Crippen molar-refractivity contribution in [3.8, 4) is 28.7 Å². The van der Waals surface area contributed by atoms with Gasteiger partial charge >= 0.3 is 0 Å². The molecular formula is C21H24NO6+. The van der Waals surface area contributed by atoms with Crippen molar-refractivity contribution in [3.05, 3.63) is 40.5 Å². The van der Waals surface area contributed by atoms with Gasteiger partial charge in [-0.15, -0.1) is 0 Å². The molecule has 0 aliphatic carbocycles. The summed E-state index contributed by atoms with van der Waals surface area (Å²) in [5.74, 6) is 2.31. The van der Waals surface area contributed by atoms with Crippen molar-refractivity contribution in [2.24, 2.45) is 0 Å². The number of aromatic hydroxyl groups is 1. The van der Waals surface area contributed by atoms with E-state index in [9.17, 15) is 10.2 Å². The van der Waals surface area contributed by atoms with Crippen LogP contribution in [0, 0.1) is 0 Å². The Labute approximate surface area is 163 Å². The fourth-order valence-electron chi connectivity index (χ4n) is 5.04. The van der Waals surface area contributed by atoms with E-state index >= 15 is 0 Å². The molecule has 0 amide bonds. The van der Waals surface area contributed by atoms with E-state index in [1.165, 1.54) is 0 Å². The van der Waals surface area contributed by atoms with Gasteiger partial charge in [0, 0.05) is 12.8 Å². The number of phenols is 1. The Balaban J connectivity index is 1.70. The van der Waals surface area contributed by atoms with Crippen LogP contribution in [0.5, 0.6) is 28.7 Å². The SMILES string of the molecule is COc1ccc2c(c1OC)C(O)[N+]1(C)CCc3cc4c(c(O)c3[C@@H]1C2)OCO4. The van der Waals surface area contributed by atoms with Crippen LogP contribution in [0.1, 0.15) is 34.5 Å². The Morgan fingerprint density at radius 2 is 1.93 bits per heavy atom. The number of fused-ring (bicyclic) bond motifs is 5. The molecule has 0 fully saturated rings. The van der Waals surface area contributed by atoms with Crippen LogP contribution in [-0.2, 0) is 12.8 Å². The number of methoxy groups -OCH3 is 2. The number of likely N-dealkylation sites (N-methyl/N-ethyl adjacent to an activating group) is 1. The number of benzene rings is 2. The van der Waals surface area contributed by atoms with E-state index in [0.29, 0.717) is 33.9 Å². The largest absolute Gasteiger partial charge is 0.504 e. The molecule has 2 unspecified atom stereocenters. The fraction of sp³-hybridized carbons (Fsp3) is 0.429. The molecule has 7 nitrogen and oxygen atoms in total. The van der Waals surface area contributed by atoms with Crippen LogP contribution in [0.3, 0.4) is 0 Å². The lowest BCUT2D eigenvalue weighted by atomic mass is 9.80. The quantitative estimate of drug-likeness (QED) is 0.772. The van der Waals surface area contributed by atoms with Gasteiger partial charge in [0.1, 0.15) is 6.04 Å². The smallest absolute Gasteiger partial charge is 0.231 e. The number of phenolic OH excluding ortho intramolecular Hbond substituents is 1. The summed E-state index contributed by atoms with van der Waals surface area (Å²) in [4.78, 5) is 0. The van der Waals surface area contributed by atoms with Crippen LogP contribution in [0.4, 0.5) is 0 Å². The molecule has 148 valence electrons. The van der Waals surface area contributed by atoms with E-state index in [1.807, 2.05) is 25.2 Å². The lowest BCUT2D eigenvalue weighted by Gasteiger charge is -2.51. The van der Waals surface area contributed by atoms with Crippen molar-refractivity contribution < 1.29 is 33.6 Å². The van der Waals surface area contributed by atoms with Crippen molar-refractivity contribution in [1.82, 2.24) is 0 Å². The zero-order valence-corrected chi connectivity index (χ0v) is 16.2. The highest BCUT2D eigenvalue weighted by atomic mass is 16.7. The average molecular weight is 386 g/mol. The fourth-order valence-corrected chi connectivity index (χ4v) is 5.04. The Bertz CT molecular complexity index is 974. The summed E-state index contributed by atoms with van der Waals surface area (Å²) in [5.41, 5.74) is 3.66. The summed E-state index contributed by atoms with van der Waals surface area (Å²) in [6, 6.07) is 5.71. The van der Waals surface area contributed by atoms with Gasteiger partial charge in [0.05, 0.1) is 38.9 Å². The number of ether oxygens (including phenoxy) is 4. The molecule has 0 saturated carbocycles. The van der Waals surface area contributed by atoms with Crippen LogP contribution in [0.25, 0.3) is 0 Å². The summed E-state index contributed by atoms with van der Waals surface area (Å²) in [5, 5.41) is 22.4. The van der Waals surface area contributed by atoms with Gasteiger partial charge < -0.3 is 29.2 Å². The lowest BCUT2D eigenvalue weighted by Crippen LogP contribution is -2.56. The second-order valence-electron chi connectivity index (χ2n) is 7.82. The summed E-state index contributed by atoms with van der Waals surface area (Å²) in [6.07, 6.45) is 0.603. The van der Waals surface area contributed by atoms with Crippen LogP contribution in [0.2, 0.25) is 0 Å². The molecule has 0 radical (unpaired) electrons. The third-order valence-electron chi connectivity index (χ3n) is 6.58. The first-order valence-electron chi connectivity index (χ1n) is 9.40. The second-order valence-corrected chi connectivity index (χ2v) is 7.82. The summed E-state index contributed by atoms with van der Waals surface area (Å²) in [7, 11) is 5.22. The van der Waals surface area contributed by atoms with Crippen LogP contribution in [-0.4, -0.2) is 49.3 Å². The van der Waals surface area contributed by atoms with Gasteiger partial charge in [-0.05, 0) is 23.3 Å². The standard InChI is InChI=1S/C21H23NO6/c1-22-7-6-12-9-15-20(28-10-27-15)18(23)16(12)13(22)8-11-4-5-14(25-2)19(26-3)17(11)21(22)24/h4-5,9,13,21,24H,6-8,10H2,1-3H3/p+1/t13-,21?,22?/m0/s1. The predicted octanol–water partition coefficient (Wildman–Crippen LogP) is 2.43. The highest BCUT2D eigenvalue weighted by molar-refractivity contribution is 5.61. The molecule has 28 heavy (non-hydrogen) atoms. The van der Waals surface area contributed by atoms with Gasteiger partial charge in [-0.1, -0.05) is 6.07 Å². The first-order chi connectivity index (χ1) is 13.5. The molecule has 0 aromatic heterocycles. The van der Waals surface area contributed by atoms with E-state index in [1.54, 1.807) is 14.2 Å². The molecule has 0 bridgehead atoms. The second kappa shape index (κ2) is 5.93. The molecule has 3 heterocycles. The van der Waals surface area contributed by atoms with Crippen molar-refractivity contribution in [3.63, 3.8) is 0 Å². The van der Waals surface area contributed by atoms with Crippen molar-refractivity contribution >= 4 is 0 Å². The number of quaternary nitrogens is 1. The molecule has 2 aromatic rings. The molecule has 7 heteroatoms. The molecule has 3 aliphatic heterocycles. The average Bonchev–Trinajstić information content (AvgIpc) is 3.17. The van der Waals surface area contributed by atoms with E-state index in [4.69, 9.17) is 18.9 Å². The maximum Gasteiger partial charge on any atom is 0.231 e. The first-order valence-corrected chi connectivity index (χ1v) is 9.40. The van der Waals surface area contributed by atoms with E-state index in [0.717, 1.165) is 35.2 Å². The molecular weight excluding hydrogens is 362 g/mol. The molecule has 2 aromatic carbocycles. The molecule has 0 saturated heterocycles. The highest BCUT2D eigenvalue weighted by Gasteiger charge is 2.52. The maximum absolute atomic E-state index is 11.5. The van der Waals surface area contributed by atoms with Gasteiger partial charge in [0.15, 0.2) is 23.0 Å². The molecule has 3 atom stereocenters. The minimum atomic E-state index is -0.795. The summed E-state index contributed by atoms with van der Waals surface area (Å²) >= 11 is 0. The van der Waals surface area contributed by atoms with Crippen LogP contribution < -0.4 is 18.9 Å². The number of aliphatic hydroxyl groups is 1. The summed E-state index contributed by atoms with van der Waals surface area (Å²) < 4.78 is 22.4. The van der Waals surface area contributed by atoms with Crippen molar-refractivity contribution in [2.75, 3.05) is 34.6 Å².